The number of nitrogens with two attached hydrogens (primary N) is 1. The zero-order valence-electron chi connectivity index (χ0n) is 12.8. The molecule has 1 aromatic heterocycles. The summed E-state index contributed by atoms with van der Waals surface area (Å²) in [5, 5.41) is 15.9. The summed E-state index contributed by atoms with van der Waals surface area (Å²) in [6, 6.07) is 7.52. The van der Waals surface area contributed by atoms with Crippen LogP contribution in [0, 0.1) is 0 Å². The molecule has 1 aliphatic rings. The topological polar surface area (TPSA) is 114 Å². The van der Waals surface area contributed by atoms with Crippen molar-refractivity contribution in [1.29, 1.82) is 0 Å². The number of rotatable bonds is 4. The van der Waals surface area contributed by atoms with E-state index in [9.17, 15) is 18.3 Å². The molecule has 7 nitrogen and oxygen atoms in total. The molecule has 0 bridgehead atoms. The summed E-state index contributed by atoms with van der Waals surface area (Å²) >= 11 is 6.84. The van der Waals surface area contributed by atoms with Gasteiger partial charge in [0.05, 0.1) is 17.3 Å². The number of hydrogen-bond donors (Lipinski definition) is 2. The van der Waals surface area contributed by atoms with Gasteiger partial charge in [0.15, 0.2) is 5.72 Å². The van der Waals surface area contributed by atoms with E-state index < -0.39 is 15.7 Å². The van der Waals surface area contributed by atoms with Crippen LogP contribution in [-0.4, -0.2) is 34.4 Å². The van der Waals surface area contributed by atoms with Crippen LogP contribution in [0.1, 0.15) is 11.1 Å². The minimum atomic E-state index is -4.07. The summed E-state index contributed by atoms with van der Waals surface area (Å²) in [4.78, 5) is 17.2. The third kappa shape index (κ3) is 3.51. The molecule has 0 radical (unpaired) electrons. The van der Waals surface area contributed by atoms with Crippen molar-refractivity contribution in [2.45, 2.75) is 17.2 Å². The molecule has 1 aromatic carbocycles. The van der Waals surface area contributed by atoms with E-state index in [1.54, 1.807) is 24.5 Å². The van der Waals surface area contributed by atoms with Gasteiger partial charge in [0.1, 0.15) is 4.90 Å². The lowest BCUT2D eigenvalue weighted by molar-refractivity contribution is -0.0606. The quantitative estimate of drug-likeness (QED) is 0.811. The van der Waals surface area contributed by atoms with Crippen molar-refractivity contribution in [3.63, 3.8) is 0 Å². The zero-order valence-corrected chi connectivity index (χ0v) is 15.2. The van der Waals surface area contributed by atoms with E-state index in [2.05, 4.69) is 4.98 Å². The monoisotopic (exact) mass is 399 g/mol. The maximum absolute atomic E-state index is 12.3. The molecule has 0 saturated carbocycles. The number of benzene rings is 1. The van der Waals surface area contributed by atoms with E-state index in [-0.39, 0.29) is 33.0 Å². The Morgan fingerprint density at radius 1 is 1.40 bits per heavy atom. The molecule has 132 valence electrons. The van der Waals surface area contributed by atoms with Gasteiger partial charge in [0.2, 0.25) is 10.0 Å². The van der Waals surface area contributed by atoms with E-state index in [4.69, 9.17) is 16.7 Å². The highest BCUT2D eigenvalue weighted by Gasteiger charge is 2.46. The molecule has 10 heteroatoms. The minimum Gasteiger partial charge on any atom is -0.366 e. The average Bonchev–Trinajstić information content (AvgIpc) is 2.85. The van der Waals surface area contributed by atoms with Gasteiger partial charge in [-0.3, -0.25) is 14.7 Å². The predicted octanol–water partition coefficient (Wildman–Crippen LogP) is 1.90. The number of carbonyl (C=O) groups is 1. The SMILES string of the molecule is NS(=O)(=O)c1cc(C2(O)CSC(=O)N2Cc2cccnc2)ccc1Cl. The second-order valence-corrected chi connectivity index (χ2v) is 8.37. The first-order valence-corrected chi connectivity index (χ1v) is 10.0. The first kappa shape index (κ1) is 18.2. The Labute approximate surface area is 153 Å². The maximum Gasteiger partial charge on any atom is 0.284 e. The van der Waals surface area contributed by atoms with Crippen LogP contribution in [0.5, 0.6) is 0 Å². The smallest absolute Gasteiger partial charge is 0.284 e. The van der Waals surface area contributed by atoms with E-state index in [0.29, 0.717) is 0 Å². The highest BCUT2D eigenvalue weighted by atomic mass is 35.5. The van der Waals surface area contributed by atoms with Crippen molar-refractivity contribution >= 4 is 38.6 Å². The number of primary sulfonamides is 1. The highest BCUT2D eigenvalue weighted by Crippen LogP contribution is 2.41. The summed E-state index contributed by atoms with van der Waals surface area (Å²) in [5.41, 5.74) is -0.720. The number of pyridine rings is 1. The minimum absolute atomic E-state index is 0.0503. The molecule has 3 rings (SSSR count). The van der Waals surface area contributed by atoms with Crippen molar-refractivity contribution in [1.82, 2.24) is 9.88 Å². The van der Waals surface area contributed by atoms with Crippen LogP contribution >= 0.6 is 23.4 Å². The van der Waals surface area contributed by atoms with E-state index in [1.165, 1.54) is 23.1 Å². The molecular formula is C15H14ClN3O4S2. The number of aliphatic hydroxyl groups is 1. The first-order valence-electron chi connectivity index (χ1n) is 7.10. The third-order valence-corrected chi connectivity index (χ3v) is 6.23. The predicted molar refractivity (Wildman–Crippen MR) is 94.4 cm³/mol. The lowest BCUT2D eigenvalue weighted by atomic mass is 10.0. The normalized spacial score (nSPS) is 20.9. The zero-order chi connectivity index (χ0) is 18.2. The molecule has 2 heterocycles. The van der Waals surface area contributed by atoms with E-state index in [1.807, 2.05) is 0 Å². The summed E-state index contributed by atoms with van der Waals surface area (Å²) in [6.45, 7) is 0.128. The number of thioether (sulfide) groups is 1. The van der Waals surface area contributed by atoms with Gasteiger partial charge in [-0.15, -0.1) is 0 Å². The maximum atomic E-state index is 12.3. The van der Waals surface area contributed by atoms with Gasteiger partial charge < -0.3 is 5.11 Å². The van der Waals surface area contributed by atoms with Gasteiger partial charge in [-0.05, 0) is 23.8 Å². The standard InChI is InChI=1S/C15H14ClN3O4S2/c16-12-4-3-11(6-13(12)25(17,22)23)15(21)9-24-14(20)19(15)8-10-2-1-5-18-7-10/h1-7,21H,8-9H2,(H2,17,22,23). The fourth-order valence-electron chi connectivity index (χ4n) is 2.55. The molecule has 25 heavy (non-hydrogen) atoms. The van der Waals surface area contributed by atoms with Gasteiger partial charge in [0, 0.05) is 18.0 Å². The molecule has 3 N–H and O–H groups in total. The fraction of sp³-hybridized carbons (Fsp3) is 0.200. The Balaban J connectivity index is 2.03. The van der Waals surface area contributed by atoms with Gasteiger partial charge in [-0.2, -0.15) is 0 Å². The second-order valence-electron chi connectivity index (χ2n) is 5.51. The van der Waals surface area contributed by atoms with Gasteiger partial charge in [0.25, 0.3) is 5.24 Å². The molecule has 1 aliphatic heterocycles. The van der Waals surface area contributed by atoms with Gasteiger partial charge in [-0.25, -0.2) is 13.6 Å². The molecular weight excluding hydrogens is 386 g/mol. The fourth-order valence-corrected chi connectivity index (χ4v) is 4.64. The molecule has 0 aliphatic carbocycles. The number of amides is 1. The summed E-state index contributed by atoms with van der Waals surface area (Å²) in [6.07, 6.45) is 3.20. The second kappa shape index (κ2) is 6.58. The average molecular weight is 400 g/mol. The summed E-state index contributed by atoms with van der Waals surface area (Å²) < 4.78 is 23.4. The molecule has 1 atom stereocenters. The Hall–Kier alpha value is -1.65. The van der Waals surface area contributed by atoms with E-state index >= 15 is 0 Å². The van der Waals surface area contributed by atoms with Crippen molar-refractivity contribution < 1.29 is 18.3 Å². The Morgan fingerprint density at radius 3 is 2.80 bits per heavy atom. The van der Waals surface area contributed by atoms with Gasteiger partial charge in [-0.1, -0.05) is 35.5 Å². The van der Waals surface area contributed by atoms with Crippen LogP contribution < -0.4 is 5.14 Å². The van der Waals surface area contributed by atoms with Gasteiger partial charge >= 0.3 is 0 Å². The molecule has 0 spiro atoms. The number of carbonyl (C=O) groups excluding carboxylic acids is 1. The lowest BCUT2D eigenvalue weighted by Crippen LogP contribution is -2.44. The number of halogens is 1. The molecule has 1 fully saturated rings. The van der Waals surface area contributed by atoms with Crippen LogP contribution in [-0.2, 0) is 22.3 Å². The molecule has 1 saturated heterocycles. The molecule has 1 unspecified atom stereocenters. The Kier molecular flexibility index (Phi) is 4.78. The van der Waals surface area contributed by atoms with E-state index in [0.717, 1.165) is 17.3 Å². The van der Waals surface area contributed by atoms with Crippen molar-refractivity contribution in [3.8, 4) is 0 Å². The number of sulfonamides is 1. The number of nitrogens with zero attached hydrogens (tertiary/aromatic N) is 2. The highest BCUT2D eigenvalue weighted by molar-refractivity contribution is 8.13. The number of aromatic nitrogens is 1. The number of hydrogen-bond acceptors (Lipinski definition) is 6. The van der Waals surface area contributed by atoms with Crippen LogP contribution in [0.2, 0.25) is 5.02 Å². The molecule has 2 aromatic rings. The van der Waals surface area contributed by atoms with Crippen LogP contribution in [0.25, 0.3) is 0 Å². The Bertz CT molecular complexity index is 924. The molecule has 1 amide bonds. The Morgan fingerprint density at radius 2 is 2.16 bits per heavy atom. The first-order chi connectivity index (χ1) is 11.7. The van der Waals surface area contributed by atoms with Crippen molar-refractivity contribution in [3.05, 3.63) is 58.9 Å². The van der Waals surface area contributed by atoms with Crippen LogP contribution in [0.15, 0.2) is 47.6 Å². The third-order valence-electron chi connectivity index (χ3n) is 3.83. The largest absolute Gasteiger partial charge is 0.366 e. The summed E-state index contributed by atoms with van der Waals surface area (Å²) in [7, 11) is -4.07. The van der Waals surface area contributed by atoms with Crippen LogP contribution in [0.4, 0.5) is 4.79 Å². The van der Waals surface area contributed by atoms with Crippen molar-refractivity contribution in [2.24, 2.45) is 5.14 Å². The lowest BCUT2D eigenvalue weighted by Gasteiger charge is -2.33. The summed E-state index contributed by atoms with van der Waals surface area (Å²) in [5.74, 6) is 0.0534. The van der Waals surface area contributed by atoms with Crippen molar-refractivity contribution in [2.75, 3.05) is 5.75 Å². The van der Waals surface area contributed by atoms with Crippen LogP contribution in [0.3, 0.4) is 0 Å².